The Balaban J connectivity index is 1.40. The molecule has 0 bridgehead atoms. The van der Waals surface area contributed by atoms with Crippen molar-refractivity contribution in [3.05, 3.63) is 100 Å². The third kappa shape index (κ3) is 5.23. The lowest BCUT2D eigenvalue weighted by Crippen LogP contribution is -2.23. The summed E-state index contributed by atoms with van der Waals surface area (Å²) in [7, 11) is 0. The van der Waals surface area contributed by atoms with Gasteiger partial charge in [-0.05, 0) is 41.5 Å². The first-order chi connectivity index (χ1) is 14.7. The van der Waals surface area contributed by atoms with Crippen molar-refractivity contribution < 1.29 is 9.53 Å². The van der Waals surface area contributed by atoms with E-state index in [2.05, 4.69) is 15.3 Å². The molecule has 1 amide bonds. The zero-order valence-corrected chi connectivity index (χ0v) is 17.5. The summed E-state index contributed by atoms with van der Waals surface area (Å²) in [5.74, 6) is 0.514. The first-order valence-electron chi connectivity index (χ1n) is 9.28. The smallest absolute Gasteiger partial charge is 0.271 e. The molecule has 4 rings (SSSR count). The van der Waals surface area contributed by atoms with Gasteiger partial charge in [0.2, 0.25) is 0 Å². The molecular formula is C23H18ClN3O2S. The number of pyridine rings is 1. The summed E-state index contributed by atoms with van der Waals surface area (Å²) in [6, 6.07) is 19.0. The maximum Gasteiger partial charge on any atom is 0.271 e. The standard InChI is InChI=1S/C23H18ClN3O2S/c24-19-7-1-4-16(10-19)14-29-20-8-2-6-18(11-20)23-27-21(15-30-23)22(28)26-13-17-5-3-9-25-12-17/h1-12,15H,13-14H2,(H,26,28). The fraction of sp³-hybridized carbons (Fsp3) is 0.0870. The largest absolute Gasteiger partial charge is 0.489 e. The highest BCUT2D eigenvalue weighted by molar-refractivity contribution is 7.13. The molecule has 0 radical (unpaired) electrons. The summed E-state index contributed by atoms with van der Waals surface area (Å²) in [5.41, 5.74) is 3.22. The van der Waals surface area contributed by atoms with Gasteiger partial charge in [0.05, 0.1) is 0 Å². The number of aromatic nitrogens is 2. The maximum atomic E-state index is 12.4. The Labute approximate surface area is 183 Å². The fourth-order valence-corrected chi connectivity index (χ4v) is 3.81. The Morgan fingerprint density at radius 2 is 1.93 bits per heavy atom. The molecule has 0 fully saturated rings. The van der Waals surface area contributed by atoms with Gasteiger partial charge in [-0.25, -0.2) is 4.98 Å². The van der Waals surface area contributed by atoms with Crippen LogP contribution in [0.4, 0.5) is 0 Å². The Morgan fingerprint density at radius 1 is 1.07 bits per heavy atom. The molecule has 30 heavy (non-hydrogen) atoms. The molecule has 5 nitrogen and oxygen atoms in total. The lowest BCUT2D eigenvalue weighted by atomic mass is 10.2. The third-order valence-electron chi connectivity index (χ3n) is 4.29. The maximum absolute atomic E-state index is 12.4. The summed E-state index contributed by atoms with van der Waals surface area (Å²) < 4.78 is 5.88. The van der Waals surface area contributed by atoms with Gasteiger partial charge in [-0.3, -0.25) is 9.78 Å². The number of carbonyl (C=O) groups is 1. The molecule has 150 valence electrons. The normalized spacial score (nSPS) is 10.6. The van der Waals surface area contributed by atoms with Crippen molar-refractivity contribution in [1.29, 1.82) is 0 Å². The number of ether oxygens (including phenoxy) is 1. The van der Waals surface area contributed by atoms with Gasteiger partial charge in [0.25, 0.3) is 5.91 Å². The van der Waals surface area contributed by atoms with E-state index in [4.69, 9.17) is 16.3 Å². The molecule has 0 aliphatic carbocycles. The molecule has 1 N–H and O–H groups in total. The number of amides is 1. The van der Waals surface area contributed by atoms with E-state index < -0.39 is 0 Å². The predicted molar refractivity (Wildman–Crippen MR) is 119 cm³/mol. The second-order valence-corrected chi connectivity index (χ2v) is 7.82. The van der Waals surface area contributed by atoms with E-state index >= 15 is 0 Å². The number of halogens is 1. The molecular weight excluding hydrogens is 418 g/mol. The fourth-order valence-electron chi connectivity index (χ4n) is 2.80. The average Bonchev–Trinajstić information content (AvgIpc) is 3.28. The number of nitrogens with one attached hydrogen (secondary N) is 1. The van der Waals surface area contributed by atoms with Crippen molar-refractivity contribution in [2.24, 2.45) is 0 Å². The van der Waals surface area contributed by atoms with E-state index in [1.165, 1.54) is 11.3 Å². The minimum atomic E-state index is -0.213. The number of nitrogens with zero attached hydrogens (tertiary/aromatic N) is 2. The molecule has 2 aromatic heterocycles. The molecule has 4 aromatic rings. The Bertz CT molecular complexity index is 1150. The number of rotatable bonds is 7. The van der Waals surface area contributed by atoms with Crippen LogP contribution in [0.25, 0.3) is 10.6 Å². The van der Waals surface area contributed by atoms with Crippen molar-refractivity contribution in [3.63, 3.8) is 0 Å². The number of carbonyl (C=O) groups excluding carboxylic acids is 1. The number of benzene rings is 2. The monoisotopic (exact) mass is 435 g/mol. The van der Waals surface area contributed by atoms with Crippen LogP contribution in [0.3, 0.4) is 0 Å². The van der Waals surface area contributed by atoms with Crippen LogP contribution >= 0.6 is 22.9 Å². The summed E-state index contributed by atoms with van der Waals surface area (Å²) in [4.78, 5) is 20.9. The molecule has 2 heterocycles. The number of hydrogen-bond donors (Lipinski definition) is 1. The highest BCUT2D eigenvalue weighted by Gasteiger charge is 2.12. The number of thiazole rings is 1. The summed E-state index contributed by atoms with van der Waals surface area (Å²) in [6.07, 6.45) is 3.42. The Hall–Kier alpha value is -3.22. The topological polar surface area (TPSA) is 64.1 Å². The molecule has 0 saturated heterocycles. The summed E-state index contributed by atoms with van der Waals surface area (Å²) in [6.45, 7) is 0.830. The molecule has 0 saturated carbocycles. The average molecular weight is 436 g/mol. The van der Waals surface area contributed by atoms with Gasteiger partial charge in [-0.15, -0.1) is 11.3 Å². The van der Waals surface area contributed by atoms with Gasteiger partial charge < -0.3 is 10.1 Å². The highest BCUT2D eigenvalue weighted by Crippen LogP contribution is 2.27. The van der Waals surface area contributed by atoms with Crippen molar-refractivity contribution in [2.75, 3.05) is 0 Å². The van der Waals surface area contributed by atoms with Gasteiger partial charge in [-0.1, -0.05) is 41.9 Å². The van der Waals surface area contributed by atoms with Crippen LogP contribution < -0.4 is 10.1 Å². The van der Waals surface area contributed by atoms with Gasteiger partial charge >= 0.3 is 0 Å². The Morgan fingerprint density at radius 3 is 2.77 bits per heavy atom. The van der Waals surface area contributed by atoms with Crippen LogP contribution in [0.15, 0.2) is 78.4 Å². The number of hydrogen-bond acceptors (Lipinski definition) is 5. The second kappa shape index (κ2) is 9.52. The highest BCUT2D eigenvalue weighted by atomic mass is 35.5. The van der Waals surface area contributed by atoms with Crippen molar-refractivity contribution in [2.45, 2.75) is 13.2 Å². The van der Waals surface area contributed by atoms with E-state index in [0.717, 1.165) is 27.4 Å². The second-order valence-electron chi connectivity index (χ2n) is 6.53. The molecule has 0 spiro atoms. The lowest BCUT2D eigenvalue weighted by Gasteiger charge is -2.07. The van der Waals surface area contributed by atoms with Crippen LogP contribution in [0.1, 0.15) is 21.6 Å². The van der Waals surface area contributed by atoms with E-state index in [1.807, 2.05) is 60.7 Å². The summed E-state index contributed by atoms with van der Waals surface area (Å²) >= 11 is 7.44. The van der Waals surface area contributed by atoms with Crippen molar-refractivity contribution in [1.82, 2.24) is 15.3 Å². The van der Waals surface area contributed by atoms with E-state index in [-0.39, 0.29) is 5.91 Å². The molecule has 0 atom stereocenters. The van der Waals surface area contributed by atoms with Gasteiger partial charge in [-0.2, -0.15) is 0 Å². The van der Waals surface area contributed by atoms with Crippen LogP contribution in [0, 0.1) is 0 Å². The molecule has 0 aliphatic heterocycles. The van der Waals surface area contributed by atoms with Crippen LogP contribution in [-0.2, 0) is 13.2 Å². The van der Waals surface area contributed by atoms with Crippen LogP contribution in [0.2, 0.25) is 5.02 Å². The molecule has 0 unspecified atom stereocenters. The quantitative estimate of drug-likeness (QED) is 0.424. The van der Waals surface area contributed by atoms with E-state index in [1.54, 1.807) is 17.8 Å². The first kappa shape index (κ1) is 20.1. The van der Waals surface area contributed by atoms with Crippen LogP contribution in [0.5, 0.6) is 5.75 Å². The third-order valence-corrected chi connectivity index (χ3v) is 5.41. The lowest BCUT2D eigenvalue weighted by molar-refractivity contribution is 0.0946. The van der Waals surface area contributed by atoms with E-state index in [9.17, 15) is 4.79 Å². The van der Waals surface area contributed by atoms with E-state index in [0.29, 0.717) is 23.9 Å². The van der Waals surface area contributed by atoms with Gasteiger partial charge in [0.15, 0.2) is 0 Å². The predicted octanol–water partition coefficient (Wildman–Crippen LogP) is 5.37. The zero-order valence-electron chi connectivity index (χ0n) is 15.9. The first-order valence-corrected chi connectivity index (χ1v) is 10.5. The van der Waals surface area contributed by atoms with Crippen LogP contribution in [-0.4, -0.2) is 15.9 Å². The molecule has 2 aromatic carbocycles. The minimum absolute atomic E-state index is 0.213. The SMILES string of the molecule is O=C(NCc1cccnc1)c1csc(-c2cccc(OCc3cccc(Cl)c3)c2)n1. The Kier molecular flexibility index (Phi) is 6.37. The van der Waals surface area contributed by atoms with Crippen molar-refractivity contribution >= 4 is 28.8 Å². The minimum Gasteiger partial charge on any atom is -0.489 e. The van der Waals surface area contributed by atoms with Crippen molar-refractivity contribution in [3.8, 4) is 16.3 Å². The summed E-state index contributed by atoms with van der Waals surface area (Å²) in [5, 5.41) is 6.06. The molecule has 7 heteroatoms. The zero-order chi connectivity index (χ0) is 20.8. The van der Waals surface area contributed by atoms with Gasteiger partial charge in [0.1, 0.15) is 23.1 Å². The molecule has 0 aliphatic rings. The van der Waals surface area contributed by atoms with Gasteiger partial charge in [0, 0.05) is 34.9 Å².